The first-order valence-corrected chi connectivity index (χ1v) is 10.2. The molecule has 1 aliphatic heterocycles. The fourth-order valence-corrected chi connectivity index (χ4v) is 4.08. The Hall–Kier alpha value is -2.39. The van der Waals surface area contributed by atoms with Crippen molar-refractivity contribution in [3.05, 3.63) is 76.0 Å². The van der Waals surface area contributed by atoms with Crippen molar-refractivity contribution >= 4 is 11.3 Å². The van der Waals surface area contributed by atoms with Crippen LogP contribution in [0.5, 0.6) is 0 Å². The molecule has 1 N–H and O–H groups in total. The van der Waals surface area contributed by atoms with E-state index in [1.54, 1.807) is 17.7 Å². The van der Waals surface area contributed by atoms with E-state index in [9.17, 15) is 0 Å². The molecule has 27 heavy (non-hydrogen) atoms. The lowest BCUT2D eigenvalue weighted by atomic mass is 10.1. The third-order valence-corrected chi connectivity index (χ3v) is 5.64. The summed E-state index contributed by atoms with van der Waals surface area (Å²) in [5.41, 5.74) is 3.14. The largest absolute Gasteiger partial charge is 0.372 e. The minimum atomic E-state index is 0.341. The Morgan fingerprint density at radius 3 is 2.74 bits per heavy atom. The van der Waals surface area contributed by atoms with Gasteiger partial charge in [-0.1, -0.05) is 30.0 Å². The average molecular weight is 378 g/mol. The highest BCUT2D eigenvalue weighted by Crippen LogP contribution is 2.21. The van der Waals surface area contributed by atoms with Crippen LogP contribution >= 0.6 is 11.3 Å². The third-order valence-electron chi connectivity index (χ3n) is 4.71. The van der Waals surface area contributed by atoms with Crippen molar-refractivity contribution in [3.8, 4) is 11.8 Å². The highest BCUT2D eigenvalue weighted by molar-refractivity contribution is 7.10. The van der Waals surface area contributed by atoms with E-state index < -0.39 is 0 Å². The van der Waals surface area contributed by atoms with Crippen LogP contribution in [0.2, 0.25) is 0 Å². The summed E-state index contributed by atoms with van der Waals surface area (Å²) in [6, 6.07) is 12.4. The number of benzene rings is 1. The number of piperidine rings is 1. The lowest BCUT2D eigenvalue weighted by Gasteiger charge is -2.31. The van der Waals surface area contributed by atoms with Crippen molar-refractivity contribution in [1.29, 1.82) is 0 Å². The van der Waals surface area contributed by atoms with Crippen molar-refractivity contribution in [2.75, 3.05) is 13.1 Å². The van der Waals surface area contributed by atoms with Crippen LogP contribution in [0.1, 0.15) is 34.5 Å². The van der Waals surface area contributed by atoms with Crippen molar-refractivity contribution in [1.82, 2.24) is 14.9 Å². The van der Waals surface area contributed by atoms with Crippen molar-refractivity contribution in [2.24, 2.45) is 0 Å². The van der Waals surface area contributed by atoms with Crippen molar-refractivity contribution < 1.29 is 4.74 Å². The summed E-state index contributed by atoms with van der Waals surface area (Å²) < 4.78 is 5.98. The van der Waals surface area contributed by atoms with Gasteiger partial charge in [-0.25, -0.2) is 4.98 Å². The van der Waals surface area contributed by atoms with Gasteiger partial charge in [0.05, 0.1) is 24.7 Å². The lowest BCUT2D eigenvalue weighted by molar-refractivity contribution is -0.00494. The normalized spacial score (nSPS) is 15.4. The number of aromatic nitrogens is 2. The molecule has 0 bridgehead atoms. The number of nitrogens with zero attached hydrogens (tertiary/aromatic N) is 2. The number of nitrogens with one attached hydrogen (secondary N) is 1. The standard InChI is InChI=1S/C22H23N3OS/c1-2-4-18(5-3-1)6-7-19-12-22(27-16-19)14-25-10-8-21(9-11-25)26-15-20-13-23-17-24-20/h1-5,12-13,16-17,21H,8-11,14-15H2,(H,23,24). The number of imidazole rings is 1. The Kier molecular flexibility index (Phi) is 6.00. The Bertz CT molecular complexity index is 885. The molecule has 0 radical (unpaired) electrons. The number of rotatable bonds is 5. The van der Waals surface area contributed by atoms with Gasteiger partial charge in [0, 0.05) is 47.2 Å². The van der Waals surface area contributed by atoms with E-state index in [0.717, 1.165) is 49.3 Å². The van der Waals surface area contributed by atoms with Gasteiger partial charge in [0.25, 0.3) is 0 Å². The molecule has 2 aromatic heterocycles. The lowest BCUT2D eigenvalue weighted by Crippen LogP contribution is -2.36. The second-order valence-electron chi connectivity index (χ2n) is 6.76. The first kappa shape index (κ1) is 18.0. The summed E-state index contributed by atoms with van der Waals surface area (Å²) in [6.45, 7) is 3.76. The number of H-pyrrole nitrogens is 1. The zero-order valence-corrected chi connectivity index (χ0v) is 16.0. The molecule has 3 heterocycles. The molecule has 4 rings (SSSR count). The van der Waals surface area contributed by atoms with Crippen LogP contribution in [0.3, 0.4) is 0 Å². The zero-order valence-electron chi connectivity index (χ0n) is 15.2. The molecule has 5 heteroatoms. The molecule has 1 aliphatic rings. The maximum absolute atomic E-state index is 5.98. The molecule has 3 aromatic rings. The molecule has 0 atom stereocenters. The van der Waals surface area contributed by atoms with Gasteiger partial charge in [-0.05, 0) is 31.0 Å². The number of ether oxygens (including phenoxy) is 1. The first-order valence-electron chi connectivity index (χ1n) is 9.31. The van der Waals surface area contributed by atoms with Gasteiger partial charge >= 0.3 is 0 Å². The topological polar surface area (TPSA) is 41.1 Å². The molecule has 0 unspecified atom stereocenters. The molecule has 0 saturated carbocycles. The first-order chi connectivity index (χ1) is 13.3. The van der Waals surface area contributed by atoms with Gasteiger partial charge in [-0.15, -0.1) is 11.3 Å². The van der Waals surface area contributed by atoms with Crippen LogP contribution in [0.4, 0.5) is 0 Å². The van der Waals surface area contributed by atoms with E-state index in [-0.39, 0.29) is 0 Å². The summed E-state index contributed by atoms with van der Waals surface area (Å²) in [7, 11) is 0. The Morgan fingerprint density at radius 1 is 1.15 bits per heavy atom. The number of thiophene rings is 1. The number of hydrogen-bond acceptors (Lipinski definition) is 4. The van der Waals surface area contributed by atoms with E-state index in [1.165, 1.54) is 4.88 Å². The van der Waals surface area contributed by atoms with Crippen LogP contribution in [0.15, 0.2) is 54.3 Å². The van der Waals surface area contributed by atoms with E-state index in [1.807, 2.05) is 36.5 Å². The Balaban J connectivity index is 1.24. The third kappa shape index (κ3) is 5.30. The van der Waals surface area contributed by atoms with Gasteiger partial charge < -0.3 is 9.72 Å². The highest BCUT2D eigenvalue weighted by atomic mass is 32.1. The van der Waals surface area contributed by atoms with E-state index in [4.69, 9.17) is 4.74 Å². The van der Waals surface area contributed by atoms with Gasteiger partial charge in [0.15, 0.2) is 0 Å². The summed E-state index contributed by atoms with van der Waals surface area (Å²) in [5.74, 6) is 6.50. The van der Waals surface area contributed by atoms with E-state index >= 15 is 0 Å². The fourth-order valence-electron chi connectivity index (χ4n) is 3.22. The fraction of sp³-hybridized carbons (Fsp3) is 0.318. The molecule has 0 amide bonds. The maximum Gasteiger partial charge on any atom is 0.0924 e. The van der Waals surface area contributed by atoms with Crippen LogP contribution in [-0.4, -0.2) is 34.1 Å². The molecule has 1 saturated heterocycles. The molecule has 0 aliphatic carbocycles. The minimum absolute atomic E-state index is 0.341. The highest BCUT2D eigenvalue weighted by Gasteiger charge is 2.20. The second-order valence-corrected chi connectivity index (χ2v) is 7.76. The second kappa shape index (κ2) is 9.01. The van der Waals surface area contributed by atoms with Crippen molar-refractivity contribution in [2.45, 2.75) is 32.1 Å². The molecule has 1 fully saturated rings. The zero-order chi connectivity index (χ0) is 18.3. The number of likely N-dealkylation sites (tertiary alicyclic amines) is 1. The predicted octanol–water partition coefficient (Wildman–Crippen LogP) is 4.05. The summed E-state index contributed by atoms with van der Waals surface area (Å²) in [5, 5.41) is 2.16. The average Bonchev–Trinajstić information content (AvgIpc) is 3.39. The van der Waals surface area contributed by atoms with Crippen molar-refractivity contribution in [3.63, 3.8) is 0 Å². The van der Waals surface area contributed by atoms with Gasteiger partial charge in [0.1, 0.15) is 0 Å². The van der Waals surface area contributed by atoms with E-state index in [0.29, 0.717) is 12.7 Å². The van der Waals surface area contributed by atoms with Crippen LogP contribution in [0.25, 0.3) is 0 Å². The molecule has 138 valence electrons. The van der Waals surface area contributed by atoms with Gasteiger partial charge in [-0.3, -0.25) is 4.90 Å². The summed E-state index contributed by atoms with van der Waals surface area (Å²) in [4.78, 5) is 11.1. The molecule has 1 aromatic carbocycles. The Morgan fingerprint density at radius 2 is 1.96 bits per heavy atom. The SMILES string of the molecule is C(#Cc1csc(CN2CCC(OCc3c[nH]cn3)CC2)c1)c1ccccc1. The van der Waals surface area contributed by atoms with Crippen LogP contribution in [0, 0.1) is 11.8 Å². The Labute approximate surface area is 164 Å². The smallest absolute Gasteiger partial charge is 0.0924 e. The van der Waals surface area contributed by atoms with Crippen LogP contribution in [-0.2, 0) is 17.9 Å². The summed E-state index contributed by atoms with van der Waals surface area (Å²) in [6.07, 6.45) is 6.09. The van der Waals surface area contributed by atoms with Crippen LogP contribution < -0.4 is 0 Å². The molecular formula is C22H23N3OS. The molecule has 4 nitrogen and oxygen atoms in total. The van der Waals surface area contributed by atoms with Gasteiger partial charge in [0.2, 0.25) is 0 Å². The van der Waals surface area contributed by atoms with E-state index in [2.05, 4.69) is 38.2 Å². The maximum atomic E-state index is 5.98. The van der Waals surface area contributed by atoms with Gasteiger partial charge in [-0.2, -0.15) is 0 Å². The molecule has 0 spiro atoms. The summed E-state index contributed by atoms with van der Waals surface area (Å²) >= 11 is 1.80. The predicted molar refractivity (Wildman–Crippen MR) is 108 cm³/mol. The number of aromatic amines is 1. The minimum Gasteiger partial charge on any atom is -0.372 e. The quantitative estimate of drug-likeness (QED) is 0.682. The monoisotopic (exact) mass is 377 g/mol. The molecular weight excluding hydrogens is 354 g/mol. The number of hydrogen-bond donors (Lipinski definition) is 1.